The van der Waals surface area contributed by atoms with Crippen molar-refractivity contribution in [3.05, 3.63) is 12.2 Å². The van der Waals surface area contributed by atoms with E-state index in [-0.39, 0.29) is 0 Å². The first-order chi connectivity index (χ1) is 6.82. The van der Waals surface area contributed by atoms with Crippen LogP contribution >= 0.6 is 0 Å². The highest BCUT2D eigenvalue weighted by molar-refractivity contribution is 4.94. The van der Waals surface area contributed by atoms with Crippen LogP contribution in [0.5, 0.6) is 0 Å². The van der Waals surface area contributed by atoms with Crippen LogP contribution in [0.1, 0.15) is 54.9 Å². The first kappa shape index (κ1) is 19.8. The Labute approximate surface area is 98.2 Å². The smallest absolute Gasteiger partial charge is 0.0214 e. The van der Waals surface area contributed by atoms with Crippen molar-refractivity contribution in [1.29, 1.82) is 0 Å². The molecule has 0 bridgehead atoms. The molecule has 0 heterocycles. The van der Waals surface area contributed by atoms with Crippen molar-refractivity contribution in [2.45, 2.75) is 54.9 Å². The highest BCUT2D eigenvalue weighted by Gasteiger charge is 2.05. The van der Waals surface area contributed by atoms with E-state index in [1.165, 1.54) is 12.0 Å². The molecule has 0 radical (unpaired) electrons. The van der Waals surface area contributed by atoms with Gasteiger partial charge in [0.1, 0.15) is 0 Å². The molecule has 0 aliphatic rings. The van der Waals surface area contributed by atoms with Crippen molar-refractivity contribution in [1.82, 2.24) is 0 Å². The lowest BCUT2D eigenvalue weighted by Gasteiger charge is -2.13. The summed E-state index contributed by atoms with van der Waals surface area (Å²) < 4.78 is 0. The molecule has 0 fully saturated rings. The standard InChI is InChI=1S/C8H16.C5H12.C2H2/c1-6(2)8(5)7(3)4;1-4-5(2)3;1-2/h7-8H,1H2,2-5H3;5H,4H2,1-3H3;1-2H/t8-;;/m1../s1. The van der Waals surface area contributed by atoms with Crippen molar-refractivity contribution in [3.63, 3.8) is 0 Å². The van der Waals surface area contributed by atoms with Gasteiger partial charge in [0.25, 0.3) is 0 Å². The van der Waals surface area contributed by atoms with Gasteiger partial charge in [0.15, 0.2) is 0 Å². The van der Waals surface area contributed by atoms with Gasteiger partial charge in [-0.05, 0) is 24.7 Å². The molecule has 0 N–H and O–H groups in total. The van der Waals surface area contributed by atoms with E-state index in [1.54, 1.807) is 0 Å². The highest BCUT2D eigenvalue weighted by atomic mass is 14.1. The Bertz CT molecular complexity index is 149. The first-order valence-electron chi connectivity index (χ1n) is 5.81. The summed E-state index contributed by atoms with van der Waals surface area (Å²) >= 11 is 0. The maximum absolute atomic E-state index is 4.00. The second kappa shape index (κ2) is 13.3. The molecule has 0 aromatic carbocycles. The predicted octanol–water partition coefficient (Wildman–Crippen LogP) is 5.16. The van der Waals surface area contributed by atoms with Crippen molar-refractivity contribution in [2.75, 3.05) is 0 Å². The summed E-state index contributed by atoms with van der Waals surface area (Å²) in [5.74, 6) is 2.30. The van der Waals surface area contributed by atoms with E-state index >= 15 is 0 Å². The molecule has 0 saturated carbocycles. The zero-order valence-electron chi connectivity index (χ0n) is 11.8. The summed E-state index contributed by atoms with van der Waals surface area (Å²) in [6, 6.07) is 0. The maximum Gasteiger partial charge on any atom is -0.0214 e. The average Bonchev–Trinajstić information content (AvgIpc) is 2.20. The minimum atomic E-state index is 0.676. The van der Waals surface area contributed by atoms with E-state index in [4.69, 9.17) is 0 Å². The van der Waals surface area contributed by atoms with Gasteiger partial charge in [-0.15, -0.1) is 12.8 Å². The van der Waals surface area contributed by atoms with E-state index < -0.39 is 0 Å². The molecular formula is C15H30. The third-order valence-electron chi connectivity index (χ3n) is 2.59. The molecule has 90 valence electrons. The number of hydrogen-bond acceptors (Lipinski definition) is 0. The zero-order valence-corrected chi connectivity index (χ0v) is 11.8. The molecule has 0 saturated heterocycles. The van der Waals surface area contributed by atoms with E-state index in [0.29, 0.717) is 5.92 Å². The van der Waals surface area contributed by atoms with Gasteiger partial charge in [0.2, 0.25) is 0 Å². The van der Waals surface area contributed by atoms with Gasteiger partial charge in [-0.1, -0.05) is 60.1 Å². The second-order valence-electron chi connectivity index (χ2n) is 4.68. The van der Waals surface area contributed by atoms with Crippen LogP contribution < -0.4 is 0 Å². The minimum Gasteiger partial charge on any atom is -0.124 e. The quantitative estimate of drug-likeness (QED) is 0.446. The summed E-state index contributed by atoms with van der Waals surface area (Å²) in [7, 11) is 0. The molecule has 15 heavy (non-hydrogen) atoms. The topological polar surface area (TPSA) is 0 Å². The largest absolute Gasteiger partial charge is 0.124 e. The van der Waals surface area contributed by atoms with Crippen molar-refractivity contribution in [2.24, 2.45) is 17.8 Å². The van der Waals surface area contributed by atoms with Crippen molar-refractivity contribution < 1.29 is 0 Å². The van der Waals surface area contributed by atoms with Crippen LogP contribution in [0, 0.1) is 30.6 Å². The van der Waals surface area contributed by atoms with Crippen LogP contribution in [0.25, 0.3) is 0 Å². The average molecular weight is 210 g/mol. The number of rotatable bonds is 3. The summed E-state index contributed by atoms with van der Waals surface area (Å²) in [4.78, 5) is 0. The molecule has 0 aliphatic heterocycles. The van der Waals surface area contributed by atoms with E-state index in [1.807, 2.05) is 0 Å². The molecule has 0 rings (SSSR count). The summed E-state index contributed by atoms with van der Waals surface area (Å²) in [5.41, 5.74) is 1.29. The van der Waals surface area contributed by atoms with Gasteiger partial charge in [-0.25, -0.2) is 0 Å². The van der Waals surface area contributed by atoms with Crippen LogP contribution in [-0.2, 0) is 0 Å². The Morgan fingerprint density at radius 3 is 1.33 bits per heavy atom. The molecule has 1 atom stereocenters. The Hall–Kier alpha value is -0.700. The fourth-order valence-corrected chi connectivity index (χ4v) is 0.569. The highest BCUT2D eigenvalue weighted by Crippen LogP contribution is 2.16. The Balaban J connectivity index is -0.000000177. The van der Waals surface area contributed by atoms with Gasteiger partial charge in [-0.3, -0.25) is 0 Å². The van der Waals surface area contributed by atoms with Gasteiger partial charge >= 0.3 is 0 Å². The number of allylic oxidation sites excluding steroid dienone is 1. The van der Waals surface area contributed by atoms with Crippen molar-refractivity contribution >= 4 is 0 Å². The Kier molecular flexibility index (Phi) is 17.6. The normalized spacial score (nSPS) is 10.9. The van der Waals surface area contributed by atoms with Gasteiger partial charge in [0, 0.05) is 0 Å². The Morgan fingerprint density at radius 1 is 1.07 bits per heavy atom. The summed E-state index contributed by atoms with van der Waals surface area (Å²) in [6.07, 6.45) is 9.31. The summed E-state index contributed by atoms with van der Waals surface area (Å²) in [5, 5.41) is 0. The predicted molar refractivity (Wildman–Crippen MR) is 73.8 cm³/mol. The van der Waals surface area contributed by atoms with E-state index in [9.17, 15) is 0 Å². The third kappa shape index (κ3) is 19.6. The van der Waals surface area contributed by atoms with Crippen LogP contribution in [0.4, 0.5) is 0 Å². The van der Waals surface area contributed by atoms with Crippen LogP contribution in [0.15, 0.2) is 12.2 Å². The lowest BCUT2D eigenvalue weighted by Crippen LogP contribution is -2.03. The first-order valence-corrected chi connectivity index (χ1v) is 5.81. The SMILES string of the molecule is C#C.C=C(C)[C@@H](C)C(C)C.CCC(C)C. The molecule has 0 spiro atoms. The molecule has 0 heteroatoms. The Morgan fingerprint density at radius 2 is 1.33 bits per heavy atom. The lowest BCUT2D eigenvalue weighted by molar-refractivity contribution is 0.481. The number of hydrogen-bond donors (Lipinski definition) is 0. The monoisotopic (exact) mass is 210 g/mol. The minimum absolute atomic E-state index is 0.676. The molecule has 0 aromatic heterocycles. The van der Waals surface area contributed by atoms with E-state index in [2.05, 4.69) is 67.9 Å². The zero-order chi connectivity index (χ0) is 13.0. The second-order valence-corrected chi connectivity index (χ2v) is 4.68. The van der Waals surface area contributed by atoms with Crippen LogP contribution in [-0.4, -0.2) is 0 Å². The molecule has 0 aromatic rings. The summed E-state index contributed by atoms with van der Waals surface area (Å²) in [6.45, 7) is 19.3. The lowest BCUT2D eigenvalue weighted by atomic mass is 9.92. The molecule has 0 nitrogen and oxygen atoms in total. The fourth-order valence-electron chi connectivity index (χ4n) is 0.569. The maximum atomic E-state index is 4.00. The molecular weight excluding hydrogens is 180 g/mol. The van der Waals surface area contributed by atoms with Crippen molar-refractivity contribution in [3.8, 4) is 12.8 Å². The molecule has 0 amide bonds. The van der Waals surface area contributed by atoms with Crippen LogP contribution in [0.3, 0.4) is 0 Å². The van der Waals surface area contributed by atoms with Gasteiger partial charge in [0.05, 0.1) is 0 Å². The molecule has 0 aliphatic carbocycles. The molecule has 0 unspecified atom stereocenters. The van der Waals surface area contributed by atoms with Gasteiger partial charge in [-0.2, -0.15) is 0 Å². The number of terminal acetylenes is 1. The van der Waals surface area contributed by atoms with E-state index in [0.717, 1.165) is 11.8 Å². The van der Waals surface area contributed by atoms with Gasteiger partial charge < -0.3 is 0 Å². The fraction of sp³-hybridized carbons (Fsp3) is 0.733. The van der Waals surface area contributed by atoms with Crippen LogP contribution in [0.2, 0.25) is 0 Å². The third-order valence-corrected chi connectivity index (χ3v) is 2.59.